The average Bonchev–Trinajstić information content (AvgIpc) is 3.59. The number of carbonyl (C=O) groups is 4. The molecule has 0 radical (unpaired) electrons. The molecule has 7 unspecified atom stereocenters. The Balaban J connectivity index is 1.32. The van der Waals surface area contributed by atoms with E-state index in [1.807, 2.05) is 32.0 Å². The Morgan fingerprint density at radius 1 is 1.11 bits per heavy atom. The normalized spacial score (nSPS) is 41.5. The average molecular weight is 625 g/mol. The number of rotatable bonds is 10. The van der Waals surface area contributed by atoms with E-state index in [1.54, 1.807) is 19.1 Å². The minimum absolute atomic E-state index is 0.0212. The Morgan fingerprint density at radius 2 is 1.84 bits per heavy atom. The van der Waals surface area contributed by atoms with Crippen molar-refractivity contribution >= 4 is 24.2 Å². The van der Waals surface area contributed by atoms with Crippen molar-refractivity contribution in [3.05, 3.63) is 47.5 Å². The van der Waals surface area contributed by atoms with Gasteiger partial charge in [0.25, 0.3) is 0 Å². The van der Waals surface area contributed by atoms with E-state index in [4.69, 9.17) is 23.7 Å². The molecule has 6 rings (SSSR count). The highest BCUT2D eigenvalue weighted by atomic mass is 16.8. The van der Waals surface area contributed by atoms with Crippen LogP contribution in [0.4, 0.5) is 4.79 Å². The number of methoxy groups -OCH3 is 1. The van der Waals surface area contributed by atoms with Gasteiger partial charge in [-0.3, -0.25) is 9.59 Å². The summed E-state index contributed by atoms with van der Waals surface area (Å²) < 4.78 is 28.8. The Bertz CT molecular complexity index is 1370. The van der Waals surface area contributed by atoms with Gasteiger partial charge in [-0.1, -0.05) is 69.2 Å². The second-order valence-electron chi connectivity index (χ2n) is 14.1. The van der Waals surface area contributed by atoms with E-state index in [2.05, 4.69) is 13.0 Å². The highest BCUT2D eigenvalue weighted by molar-refractivity contribution is 5.91. The van der Waals surface area contributed by atoms with Gasteiger partial charge in [-0.25, -0.2) is 4.79 Å². The zero-order valence-corrected chi connectivity index (χ0v) is 26.6. The van der Waals surface area contributed by atoms with Gasteiger partial charge in [0, 0.05) is 12.5 Å². The van der Waals surface area contributed by atoms with Crippen molar-refractivity contribution in [2.75, 3.05) is 13.7 Å². The zero-order valence-electron chi connectivity index (χ0n) is 26.6. The third-order valence-corrected chi connectivity index (χ3v) is 11.9. The van der Waals surface area contributed by atoms with Crippen LogP contribution in [0.5, 0.6) is 0 Å². The molecule has 1 saturated heterocycles. The van der Waals surface area contributed by atoms with Crippen LogP contribution >= 0.6 is 0 Å². The number of aldehydes is 1. The molecule has 1 aliphatic heterocycles. The summed E-state index contributed by atoms with van der Waals surface area (Å²) in [5.41, 5.74) is -1.91. The first-order valence-corrected chi connectivity index (χ1v) is 16.1. The van der Waals surface area contributed by atoms with Crippen molar-refractivity contribution in [3.8, 4) is 0 Å². The maximum absolute atomic E-state index is 13.7. The van der Waals surface area contributed by atoms with Crippen LogP contribution in [0.3, 0.4) is 0 Å². The van der Waals surface area contributed by atoms with Crippen molar-refractivity contribution in [2.45, 2.75) is 84.6 Å². The quantitative estimate of drug-likeness (QED) is 0.216. The number of carboxylic acids is 1. The molecule has 4 aliphatic carbocycles. The molecular weight excluding hydrogens is 580 g/mol. The highest BCUT2D eigenvalue weighted by Gasteiger charge is 2.84. The van der Waals surface area contributed by atoms with Gasteiger partial charge < -0.3 is 33.6 Å². The van der Waals surface area contributed by atoms with E-state index >= 15 is 0 Å². The monoisotopic (exact) mass is 624 g/mol. The number of aliphatic carboxylic acids is 1. The number of benzene rings is 1. The number of hydrogen-bond acceptors (Lipinski definition) is 9. The lowest BCUT2D eigenvalue weighted by molar-refractivity contribution is -0.267. The van der Waals surface area contributed by atoms with E-state index in [1.165, 1.54) is 7.11 Å². The van der Waals surface area contributed by atoms with Crippen molar-refractivity contribution in [2.24, 2.45) is 45.8 Å². The molecule has 4 bridgehead atoms. The summed E-state index contributed by atoms with van der Waals surface area (Å²) in [6.07, 6.45) is 0.236. The van der Waals surface area contributed by atoms with Crippen LogP contribution in [0.2, 0.25) is 0 Å². The maximum atomic E-state index is 13.7. The molecule has 1 aromatic rings. The molecule has 5 aliphatic rings. The Morgan fingerprint density at radius 3 is 2.49 bits per heavy atom. The summed E-state index contributed by atoms with van der Waals surface area (Å²) >= 11 is 0. The molecule has 10 heteroatoms. The van der Waals surface area contributed by atoms with Crippen LogP contribution in [0.1, 0.15) is 58.9 Å². The number of fused-ring (bicyclic) bond motifs is 2. The summed E-state index contributed by atoms with van der Waals surface area (Å²) in [5.74, 6) is -1.34. The Kier molecular flexibility index (Phi) is 8.23. The molecule has 1 aromatic carbocycles. The van der Waals surface area contributed by atoms with Gasteiger partial charge >= 0.3 is 12.1 Å². The van der Waals surface area contributed by atoms with Crippen LogP contribution in [0, 0.1) is 45.8 Å². The molecule has 3 saturated carbocycles. The number of hydrogen-bond donors (Lipinski definition) is 1. The van der Waals surface area contributed by atoms with Gasteiger partial charge in [0.2, 0.25) is 18.2 Å². The minimum atomic E-state index is -1.50. The third-order valence-electron chi connectivity index (χ3n) is 11.9. The van der Waals surface area contributed by atoms with Crippen LogP contribution in [-0.4, -0.2) is 67.6 Å². The first-order valence-electron chi connectivity index (χ1n) is 16.1. The minimum Gasteiger partial charge on any atom is -0.481 e. The van der Waals surface area contributed by atoms with E-state index in [0.717, 1.165) is 30.3 Å². The number of ketones is 1. The second kappa shape index (κ2) is 11.6. The van der Waals surface area contributed by atoms with Crippen molar-refractivity contribution in [1.29, 1.82) is 0 Å². The van der Waals surface area contributed by atoms with Gasteiger partial charge in [-0.2, -0.15) is 0 Å². The largest absolute Gasteiger partial charge is 0.509 e. The molecule has 11 atom stereocenters. The van der Waals surface area contributed by atoms with Crippen LogP contribution in [-0.2, 0) is 44.7 Å². The van der Waals surface area contributed by atoms with Crippen molar-refractivity contribution in [1.82, 2.24) is 0 Å². The summed E-state index contributed by atoms with van der Waals surface area (Å²) in [7, 11) is 1.37. The van der Waals surface area contributed by atoms with Gasteiger partial charge in [0.15, 0.2) is 0 Å². The van der Waals surface area contributed by atoms with E-state index in [0.29, 0.717) is 18.8 Å². The number of ether oxygens (including phenoxy) is 5. The number of allylic oxidation sites excluding steroid dienone is 1. The van der Waals surface area contributed by atoms with E-state index < -0.39 is 58.8 Å². The molecule has 1 N–H and O–H groups in total. The maximum Gasteiger partial charge on any atom is 0.509 e. The van der Waals surface area contributed by atoms with Crippen LogP contribution < -0.4 is 0 Å². The van der Waals surface area contributed by atoms with Gasteiger partial charge in [0.05, 0.1) is 18.1 Å². The molecule has 4 fully saturated rings. The lowest BCUT2D eigenvalue weighted by Gasteiger charge is -2.58. The predicted octanol–water partition coefficient (Wildman–Crippen LogP) is 4.98. The molecule has 45 heavy (non-hydrogen) atoms. The van der Waals surface area contributed by atoms with Crippen LogP contribution in [0.15, 0.2) is 42.0 Å². The third kappa shape index (κ3) is 4.46. The highest BCUT2D eigenvalue weighted by Crippen LogP contribution is 2.82. The fourth-order valence-electron chi connectivity index (χ4n) is 10.1. The van der Waals surface area contributed by atoms with Crippen molar-refractivity contribution < 1.29 is 48.0 Å². The summed E-state index contributed by atoms with van der Waals surface area (Å²) in [4.78, 5) is 53.4. The number of Topliss-reactive ketones (excluding diaryl/α,β-unsaturated/α-hetero) is 1. The molecule has 0 spiro atoms. The van der Waals surface area contributed by atoms with Crippen LogP contribution in [0.25, 0.3) is 0 Å². The number of carbonyl (C=O) groups excluding carboxylic acids is 3. The molecule has 1 heterocycles. The molecule has 244 valence electrons. The van der Waals surface area contributed by atoms with E-state index in [-0.39, 0.29) is 36.9 Å². The van der Waals surface area contributed by atoms with Gasteiger partial charge in [-0.15, -0.1) is 0 Å². The lowest BCUT2D eigenvalue weighted by atomic mass is 9.43. The first-order chi connectivity index (χ1) is 21.5. The number of carboxylic acid groups (broad SMARTS) is 1. The van der Waals surface area contributed by atoms with E-state index in [9.17, 15) is 24.3 Å². The summed E-state index contributed by atoms with van der Waals surface area (Å²) in [6, 6.07) is 9.06. The topological polar surface area (TPSA) is 135 Å². The van der Waals surface area contributed by atoms with Gasteiger partial charge in [0.1, 0.15) is 24.4 Å². The molecule has 0 amide bonds. The molecule has 0 aromatic heterocycles. The predicted molar refractivity (Wildman–Crippen MR) is 160 cm³/mol. The second-order valence-corrected chi connectivity index (χ2v) is 14.1. The summed E-state index contributed by atoms with van der Waals surface area (Å²) in [5, 5.41) is 11.2. The molecule has 10 nitrogen and oxygen atoms in total. The summed E-state index contributed by atoms with van der Waals surface area (Å²) in [6.45, 7) is 7.69. The molecular formula is C35H44O10. The fourth-order valence-corrected chi connectivity index (χ4v) is 10.1. The SMILES string of the molecule is CO[C@H]1C(=O)[C@@H](OC(=O)OCc2ccccc2)[C@H](OCC23CC4C(C)CCC4C4(C=O)CC2C=C(C(C)C)C43C(=O)O)O[C@@H]1C. The smallest absolute Gasteiger partial charge is 0.481 e. The standard InChI is InChI=1S/C35H44O10/c1-19(2)26-13-23-14-33(17-36)25-12-11-20(3)24(25)15-34(23,35(26,33)31(38)39)18-43-30-29(27(37)28(41-5)21(4)44-30)45-32(40)42-16-22-9-7-6-8-10-22/h6-10,13,17,19-21,23-25,28-30H,11-12,14-16,18H2,1-5H3,(H,38,39)/t20?,21-,23?,24?,25?,28-,29-,30-,33?,34?,35?/m1/s1. The van der Waals surface area contributed by atoms with Crippen molar-refractivity contribution in [3.63, 3.8) is 0 Å². The first kappa shape index (κ1) is 31.9. The Labute approximate surface area is 263 Å². The zero-order chi connectivity index (χ0) is 32.3. The lowest BCUT2D eigenvalue weighted by Crippen LogP contribution is -2.64. The van der Waals surface area contributed by atoms with Gasteiger partial charge in [-0.05, 0) is 61.3 Å². The fraction of sp³-hybridized carbons (Fsp3) is 0.657. The Hall–Kier alpha value is -3.08.